The number of rotatable bonds is 3. The molecule has 0 radical (unpaired) electrons. The van der Waals surface area contributed by atoms with Crippen molar-refractivity contribution in [2.24, 2.45) is 13.0 Å². The van der Waals surface area contributed by atoms with Crippen LogP contribution in [0.5, 0.6) is 0 Å². The first kappa shape index (κ1) is 12.8. The van der Waals surface area contributed by atoms with E-state index >= 15 is 0 Å². The monoisotopic (exact) mass is 248 g/mol. The lowest BCUT2D eigenvalue weighted by Crippen LogP contribution is -2.28. The van der Waals surface area contributed by atoms with Crippen molar-refractivity contribution in [2.45, 2.75) is 18.0 Å². The minimum absolute atomic E-state index is 0. The Labute approximate surface area is 101 Å². The van der Waals surface area contributed by atoms with Crippen LogP contribution in [0, 0.1) is 5.92 Å². The minimum atomic E-state index is 0. The molecule has 1 aliphatic heterocycles. The van der Waals surface area contributed by atoms with Crippen molar-refractivity contribution in [3.63, 3.8) is 0 Å². The maximum atomic E-state index is 4.06. The summed E-state index contributed by atoms with van der Waals surface area (Å²) in [6, 6.07) is 0. The van der Waals surface area contributed by atoms with Gasteiger partial charge in [-0.05, 0) is 31.8 Å². The number of hydrogen-bond donors (Lipinski definition) is 1. The molecule has 0 saturated carbocycles. The second-order valence-corrected chi connectivity index (χ2v) is 4.72. The summed E-state index contributed by atoms with van der Waals surface area (Å²) in [5, 5.41) is 12.3. The zero-order valence-corrected chi connectivity index (χ0v) is 10.5. The highest BCUT2D eigenvalue weighted by Gasteiger charge is 2.14. The molecule has 4 nitrogen and oxygen atoms in total. The Kier molecular flexibility index (Phi) is 5.42. The molecule has 1 aromatic heterocycles. The first-order valence-corrected chi connectivity index (χ1v) is 6.02. The van der Waals surface area contributed by atoms with Crippen LogP contribution >= 0.6 is 24.2 Å². The van der Waals surface area contributed by atoms with Gasteiger partial charge in [-0.15, -0.1) is 22.6 Å². The lowest BCUT2D eigenvalue weighted by Gasteiger charge is -2.21. The molecule has 1 fully saturated rings. The summed E-state index contributed by atoms with van der Waals surface area (Å²) in [7, 11) is 1.99. The third-order valence-electron chi connectivity index (χ3n) is 2.58. The average molecular weight is 249 g/mol. The van der Waals surface area contributed by atoms with Gasteiger partial charge in [-0.1, -0.05) is 11.8 Å². The average Bonchev–Trinajstić information content (AvgIpc) is 2.63. The molecule has 0 amide bonds. The number of nitrogens with one attached hydrogen (secondary N) is 1. The topological polar surface area (TPSA) is 42.7 Å². The Balaban J connectivity index is 0.00000112. The lowest BCUT2D eigenvalue weighted by molar-refractivity contribution is 0.407. The Morgan fingerprint density at radius 3 is 2.87 bits per heavy atom. The smallest absolute Gasteiger partial charge is 0.190 e. The maximum Gasteiger partial charge on any atom is 0.190 e. The summed E-state index contributed by atoms with van der Waals surface area (Å²) in [5.41, 5.74) is 0. The highest BCUT2D eigenvalue weighted by molar-refractivity contribution is 7.99. The van der Waals surface area contributed by atoms with Gasteiger partial charge in [-0.25, -0.2) is 0 Å². The molecule has 1 aromatic rings. The van der Waals surface area contributed by atoms with Crippen molar-refractivity contribution in [3.8, 4) is 0 Å². The molecule has 0 atom stereocenters. The number of aryl methyl sites for hydroxylation is 1. The van der Waals surface area contributed by atoms with E-state index in [0.29, 0.717) is 0 Å². The standard InChI is InChI=1S/C9H16N4S.ClH/c1-13-7-11-12-9(13)14-6-8-2-4-10-5-3-8;/h7-8,10H,2-6H2,1H3;1H. The third kappa shape index (κ3) is 3.66. The molecule has 15 heavy (non-hydrogen) atoms. The van der Waals surface area contributed by atoms with Gasteiger partial charge in [-0.3, -0.25) is 0 Å². The van der Waals surface area contributed by atoms with E-state index < -0.39 is 0 Å². The zero-order chi connectivity index (χ0) is 9.80. The van der Waals surface area contributed by atoms with Crippen molar-refractivity contribution in [1.29, 1.82) is 0 Å². The molecule has 1 aliphatic rings. The van der Waals surface area contributed by atoms with E-state index in [1.165, 1.54) is 31.7 Å². The van der Waals surface area contributed by atoms with Gasteiger partial charge < -0.3 is 9.88 Å². The summed E-state index contributed by atoms with van der Waals surface area (Å²) in [4.78, 5) is 0. The number of hydrogen-bond acceptors (Lipinski definition) is 4. The van der Waals surface area contributed by atoms with E-state index in [1.54, 1.807) is 6.33 Å². The Hall–Kier alpha value is -0.260. The molecule has 1 N–H and O–H groups in total. The molecular weight excluding hydrogens is 232 g/mol. The summed E-state index contributed by atoms with van der Waals surface area (Å²) in [5.74, 6) is 2.02. The minimum Gasteiger partial charge on any atom is -0.317 e. The summed E-state index contributed by atoms with van der Waals surface area (Å²) in [6.07, 6.45) is 4.35. The SMILES string of the molecule is Cl.Cn1cnnc1SCC1CCNCC1. The zero-order valence-electron chi connectivity index (χ0n) is 8.85. The Morgan fingerprint density at radius 1 is 1.53 bits per heavy atom. The highest BCUT2D eigenvalue weighted by Crippen LogP contribution is 2.22. The molecule has 86 valence electrons. The quantitative estimate of drug-likeness (QED) is 0.820. The molecule has 0 aliphatic carbocycles. The fourth-order valence-corrected chi connectivity index (χ4v) is 2.72. The third-order valence-corrected chi connectivity index (χ3v) is 3.84. The van der Waals surface area contributed by atoms with Gasteiger partial charge >= 0.3 is 0 Å². The first-order valence-electron chi connectivity index (χ1n) is 5.04. The van der Waals surface area contributed by atoms with Gasteiger partial charge in [0.05, 0.1) is 0 Å². The van der Waals surface area contributed by atoms with E-state index in [1.807, 2.05) is 23.4 Å². The van der Waals surface area contributed by atoms with Crippen LogP contribution in [0.3, 0.4) is 0 Å². The van der Waals surface area contributed by atoms with Crippen molar-refractivity contribution >= 4 is 24.2 Å². The fourth-order valence-electron chi connectivity index (χ4n) is 1.64. The van der Waals surface area contributed by atoms with E-state index in [-0.39, 0.29) is 12.4 Å². The van der Waals surface area contributed by atoms with Crippen molar-refractivity contribution in [1.82, 2.24) is 20.1 Å². The Morgan fingerprint density at radius 2 is 2.27 bits per heavy atom. The van der Waals surface area contributed by atoms with Gasteiger partial charge in [0.25, 0.3) is 0 Å². The van der Waals surface area contributed by atoms with Crippen LogP contribution in [-0.4, -0.2) is 33.6 Å². The van der Waals surface area contributed by atoms with Crippen LogP contribution in [0.2, 0.25) is 0 Å². The van der Waals surface area contributed by atoms with Gasteiger partial charge in [-0.2, -0.15) is 0 Å². The molecule has 2 heterocycles. The second kappa shape index (κ2) is 6.35. The van der Waals surface area contributed by atoms with E-state index in [9.17, 15) is 0 Å². The van der Waals surface area contributed by atoms with Crippen LogP contribution in [0.1, 0.15) is 12.8 Å². The van der Waals surface area contributed by atoms with Crippen LogP contribution in [-0.2, 0) is 7.05 Å². The molecule has 2 rings (SSSR count). The molecule has 0 unspecified atom stereocenters. The highest BCUT2D eigenvalue weighted by atomic mass is 35.5. The van der Waals surface area contributed by atoms with Gasteiger partial charge in [0.15, 0.2) is 5.16 Å². The van der Waals surface area contributed by atoms with Crippen LogP contribution in [0.4, 0.5) is 0 Å². The Bertz CT molecular complexity index is 285. The molecule has 0 spiro atoms. The summed E-state index contributed by atoms with van der Waals surface area (Å²) in [6.45, 7) is 2.34. The number of thioether (sulfide) groups is 1. The molecule has 1 saturated heterocycles. The van der Waals surface area contributed by atoms with Crippen LogP contribution < -0.4 is 5.32 Å². The van der Waals surface area contributed by atoms with E-state index in [2.05, 4.69) is 15.5 Å². The molecular formula is C9H17ClN4S. The normalized spacial score (nSPS) is 17.4. The first-order chi connectivity index (χ1) is 6.86. The number of aromatic nitrogens is 3. The van der Waals surface area contributed by atoms with Crippen molar-refractivity contribution in [2.75, 3.05) is 18.8 Å². The van der Waals surface area contributed by atoms with Crippen molar-refractivity contribution < 1.29 is 0 Å². The number of halogens is 1. The molecule has 6 heteroatoms. The van der Waals surface area contributed by atoms with Crippen molar-refractivity contribution in [3.05, 3.63) is 6.33 Å². The molecule has 0 aromatic carbocycles. The predicted octanol–water partition coefficient (Wildman–Crippen LogP) is 1.33. The predicted molar refractivity (Wildman–Crippen MR) is 64.6 cm³/mol. The summed E-state index contributed by atoms with van der Waals surface area (Å²) < 4.78 is 1.98. The lowest BCUT2D eigenvalue weighted by atomic mass is 10.0. The number of nitrogens with zero attached hydrogens (tertiary/aromatic N) is 3. The summed E-state index contributed by atoms with van der Waals surface area (Å²) >= 11 is 1.82. The van der Waals surface area contributed by atoms with E-state index in [4.69, 9.17) is 0 Å². The number of piperidine rings is 1. The largest absolute Gasteiger partial charge is 0.317 e. The maximum absolute atomic E-state index is 4.06. The van der Waals surface area contributed by atoms with Gasteiger partial charge in [0.2, 0.25) is 0 Å². The molecule has 0 bridgehead atoms. The fraction of sp³-hybridized carbons (Fsp3) is 0.778. The van der Waals surface area contributed by atoms with Crippen LogP contribution in [0.15, 0.2) is 11.5 Å². The second-order valence-electron chi connectivity index (χ2n) is 3.73. The van der Waals surface area contributed by atoms with Gasteiger partial charge in [0.1, 0.15) is 6.33 Å². The van der Waals surface area contributed by atoms with Gasteiger partial charge in [0, 0.05) is 12.8 Å². The van der Waals surface area contributed by atoms with Crippen LogP contribution in [0.25, 0.3) is 0 Å². The van der Waals surface area contributed by atoms with E-state index in [0.717, 1.165) is 11.1 Å².